The smallest absolute Gasteiger partial charge is 0.326 e. The molecule has 0 saturated heterocycles. The van der Waals surface area contributed by atoms with Gasteiger partial charge in [0.15, 0.2) is 0 Å². The van der Waals surface area contributed by atoms with E-state index in [-0.39, 0.29) is 36.5 Å². The van der Waals surface area contributed by atoms with Crippen molar-refractivity contribution in [3.8, 4) is 5.88 Å². The summed E-state index contributed by atoms with van der Waals surface area (Å²) in [6.07, 6.45) is 1.73. The third-order valence-electron chi connectivity index (χ3n) is 5.38. The Labute approximate surface area is 182 Å². The first-order valence-electron chi connectivity index (χ1n) is 9.86. The molecule has 3 rings (SSSR count). The maximum Gasteiger partial charge on any atom is 0.326 e. The number of thiophene rings is 1. The van der Waals surface area contributed by atoms with Crippen molar-refractivity contribution in [3.63, 3.8) is 0 Å². The third kappa shape index (κ3) is 5.29. The van der Waals surface area contributed by atoms with E-state index in [0.29, 0.717) is 4.88 Å². The van der Waals surface area contributed by atoms with E-state index in [1.54, 1.807) is 6.07 Å². The van der Waals surface area contributed by atoms with Crippen molar-refractivity contribution in [2.24, 2.45) is 0 Å². The van der Waals surface area contributed by atoms with Crippen molar-refractivity contribution in [1.82, 2.24) is 15.3 Å². The van der Waals surface area contributed by atoms with Gasteiger partial charge in [-0.05, 0) is 49.7 Å². The fourth-order valence-corrected chi connectivity index (χ4v) is 4.83. The quantitative estimate of drug-likeness (QED) is 0.384. The first-order valence-corrected chi connectivity index (χ1v) is 10.7. The molecule has 2 aromatic heterocycles. The van der Waals surface area contributed by atoms with Gasteiger partial charge in [0.05, 0.1) is 10.6 Å². The van der Waals surface area contributed by atoms with Crippen LogP contribution in [0.3, 0.4) is 0 Å². The first-order chi connectivity index (χ1) is 14.7. The van der Waals surface area contributed by atoms with Crippen molar-refractivity contribution < 1.29 is 29.7 Å². The Balaban J connectivity index is 1.65. The minimum Gasteiger partial charge on any atom is -0.493 e. The van der Waals surface area contributed by atoms with Crippen LogP contribution in [-0.2, 0) is 16.0 Å². The second kappa shape index (κ2) is 9.29. The highest BCUT2D eigenvalue weighted by atomic mass is 32.1. The Morgan fingerprint density at radius 2 is 2.03 bits per heavy atom. The SMILES string of the molecule is CC(CC1CCc2nc(N)nc(O)c21)c1ccc(C(=O)N[C@@H](CCC(=O)O)C(=O)O)s1. The highest BCUT2D eigenvalue weighted by Gasteiger charge is 2.30. The molecule has 0 spiro atoms. The van der Waals surface area contributed by atoms with Gasteiger partial charge in [-0.2, -0.15) is 4.98 Å². The van der Waals surface area contributed by atoms with Gasteiger partial charge in [0, 0.05) is 16.9 Å². The van der Waals surface area contributed by atoms with Gasteiger partial charge in [-0.3, -0.25) is 9.59 Å². The number of aliphatic carboxylic acids is 2. The summed E-state index contributed by atoms with van der Waals surface area (Å²) in [4.78, 5) is 43.8. The second-order valence-electron chi connectivity index (χ2n) is 7.64. The van der Waals surface area contributed by atoms with Crippen molar-refractivity contribution in [2.45, 2.75) is 56.9 Å². The fourth-order valence-electron chi connectivity index (χ4n) is 3.86. The molecule has 10 nitrogen and oxygen atoms in total. The van der Waals surface area contributed by atoms with E-state index >= 15 is 0 Å². The van der Waals surface area contributed by atoms with Crippen LogP contribution in [-0.4, -0.2) is 49.2 Å². The molecule has 11 heteroatoms. The minimum atomic E-state index is -1.28. The minimum absolute atomic E-state index is 0.0573. The van der Waals surface area contributed by atoms with Crippen molar-refractivity contribution >= 4 is 35.1 Å². The number of fused-ring (bicyclic) bond motifs is 1. The lowest BCUT2D eigenvalue weighted by molar-refractivity contribution is -0.140. The predicted molar refractivity (Wildman–Crippen MR) is 112 cm³/mol. The van der Waals surface area contributed by atoms with Crippen molar-refractivity contribution in [1.29, 1.82) is 0 Å². The number of hydrogen-bond donors (Lipinski definition) is 5. The van der Waals surface area contributed by atoms with Crippen LogP contribution in [0.4, 0.5) is 5.95 Å². The Hall–Kier alpha value is -3.21. The van der Waals surface area contributed by atoms with E-state index in [1.165, 1.54) is 11.3 Å². The second-order valence-corrected chi connectivity index (χ2v) is 8.75. The average Bonchev–Trinajstić information content (AvgIpc) is 3.32. The van der Waals surface area contributed by atoms with Crippen LogP contribution in [0.25, 0.3) is 0 Å². The van der Waals surface area contributed by atoms with Gasteiger partial charge >= 0.3 is 11.9 Å². The molecular weight excluding hydrogens is 424 g/mol. The van der Waals surface area contributed by atoms with E-state index in [0.717, 1.165) is 35.4 Å². The van der Waals surface area contributed by atoms with Crippen LogP contribution >= 0.6 is 11.3 Å². The number of aromatic hydroxyl groups is 1. The highest BCUT2D eigenvalue weighted by molar-refractivity contribution is 7.14. The molecule has 2 aromatic rings. The number of nitrogens with two attached hydrogens (primary N) is 1. The number of nitrogen functional groups attached to an aromatic ring is 1. The van der Waals surface area contributed by atoms with Gasteiger partial charge in [0.2, 0.25) is 11.8 Å². The topological polar surface area (TPSA) is 176 Å². The van der Waals surface area contributed by atoms with Crippen LogP contribution in [0.5, 0.6) is 5.88 Å². The zero-order chi connectivity index (χ0) is 22.7. The molecule has 0 radical (unpaired) electrons. The van der Waals surface area contributed by atoms with E-state index in [1.807, 2.05) is 13.0 Å². The van der Waals surface area contributed by atoms with E-state index < -0.39 is 23.9 Å². The lowest BCUT2D eigenvalue weighted by atomic mass is 9.91. The number of aromatic nitrogens is 2. The summed E-state index contributed by atoms with van der Waals surface area (Å²) < 4.78 is 0. The zero-order valence-corrected chi connectivity index (χ0v) is 17.7. The van der Waals surface area contributed by atoms with Gasteiger partial charge in [-0.25, -0.2) is 9.78 Å². The van der Waals surface area contributed by atoms with Crippen LogP contribution in [0.2, 0.25) is 0 Å². The summed E-state index contributed by atoms with van der Waals surface area (Å²) in [6, 6.07) is 2.19. The number of carbonyl (C=O) groups excluding carboxylic acids is 1. The van der Waals surface area contributed by atoms with Crippen LogP contribution < -0.4 is 11.1 Å². The number of carboxylic acid groups (broad SMARTS) is 2. The molecule has 166 valence electrons. The number of carboxylic acids is 2. The molecule has 0 saturated carbocycles. The lowest BCUT2D eigenvalue weighted by Gasteiger charge is -2.17. The molecule has 2 heterocycles. The molecule has 0 aliphatic heterocycles. The first kappa shape index (κ1) is 22.5. The fraction of sp³-hybridized carbons (Fsp3) is 0.450. The number of hydrogen-bond acceptors (Lipinski definition) is 8. The summed E-state index contributed by atoms with van der Waals surface area (Å²) in [5, 5.41) is 30.5. The zero-order valence-electron chi connectivity index (χ0n) is 16.9. The van der Waals surface area contributed by atoms with Gasteiger partial charge in [-0.1, -0.05) is 6.92 Å². The van der Waals surface area contributed by atoms with E-state index in [4.69, 9.17) is 10.8 Å². The number of anilines is 1. The van der Waals surface area contributed by atoms with Crippen LogP contribution in [0.15, 0.2) is 12.1 Å². The van der Waals surface area contributed by atoms with Gasteiger partial charge in [-0.15, -0.1) is 11.3 Å². The highest BCUT2D eigenvalue weighted by Crippen LogP contribution is 2.43. The normalized spacial score (nSPS) is 17.0. The molecule has 1 amide bonds. The molecule has 0 bridgehead atoms. The lowest BCUT2D eigenvalue weighted by Crippen LogP contribution is -2.40. The molecule has 1 aliphatic carbocycles. The Morgan fingerprint density at radius 3 is 2.71 bits per heavy atom. The number of nitrogens with one attached hydrogen (secondary N) is 1. The van der Waals surface area contributed by atoms with Crippen LogP contribution in [0.1, 0.15) is 70.2 Å². The summed E-state index contributed by atoms with van der Waals surface area (Å²) in [6.45, 7) is 2.02. The van der Waals surface area contributed by atoms with Gasteiger partial charge < -0.3 is 26.4 Å². The van der Waals surface area contributed by atoms with Crippen molar-refractivity contribution in [3.05, 3.63) is 33.1 Å². The molecule has 0 fully saturated rings. The van der Waals surface area contributed by atoms with Gasteiger partial charge in [0.1, 0.15) is 6.04 Å². The summed E-state index contributed by atoms with van der Waals surface area (Å²) in [5.74, 6) is -2.80. The monoisotopic (exact) mass is 448 g/mol. The molecular formula is C20H24N4O6S. The Kier molecular flexibility index (Phi) is 6.74. The van der Waals surface area contributed by atoms with E-state index in [2.05, 4.69) is 15.3 Å². The molecule has 1 aliphatic rings. The maximum atomic E-state index is 12.5. The molecule has 3 atom stereocenters. The Morgan fingerprint density at radius 1 is 1.29 bits per heavy atom. The summed E-state index contributed by atoms with van der Waals surface area (Å²) in [5.41, 5.74) is 7.11. The maximum absolute atomic E-state index is 12.5. The number of aryl methyl sites for hydroxylation is 1. The standard InChI is InChI=1S/C20H24N4O6S/c1-9(8-10-2-3-11-16(10)18(28)24-20(21)23-11)13-5-6-14(31-13)17(27)22-12(19(29)30)4-7-15(25)26/h5-6,9-10,12H,2-4,7-8H2,1H3,(H,22,27)(H,25,26)(H,29,30)(H3,21,23,24,28)/t9?,10?,12-/m0/s1. The Bertz CT molecular complexity index is 1010. The summed E-state index contributed by atoms with van der Waals surface area (Å²) in [7, 11) is 0. The average molecular weight is 449 g/mol. The number of rotatable bonds is 9. The van der Waals surface area contributed by atoms with E-state index in [9.17, 15) is 24.6 Å². The van der Waals surface area contributed by atoms with Crippen LogP contribution in [0, 0.1) is 0 Å². The molecule has 2 unspecified atom stereocenters. The predicted octanol–water partition coefficient (Wildman–Crippen LogP) is 2.10. The molecule has 31 heavy (non-hydrogen) atoms. The number of nitrogens with zero attached hydrogens (tertiary/aromatic N) is 2. The van der Waals surface area contributed by atoms with Gasteiger partial charge in [0.25, 0.3) is 5.91 Å². The van der Waals surface area contributed by atoms with Crippen molar-refractivity contribution in [2.75, 3.05) is 5.73 Å². The molecule has 0 aromatic carbocycles. The summed E-state index contributed by atoms with van der Waals surface area (Å²) >= 11 is 1.26. The third-order valence-corrected chi connectivity index (χ3v) is 6.70. The number of carbonyl (C=O) groups is 3. The largest absolute Gasteiger partial charge is 0.493 e. The molecule has 6 N–H and O–H groups in total. The number of amides is 1.